The van der Waals surface area contributed by atoms with E-state index in [0.29, 0.717) is 12.1 Å². The highest BCUT2D eigenvalue weighted by atomic mass is 19.1. The molecule has 2 aromatic heterocycles. The molecule has 3 rings (SSSR count). The van der Waals surface area contributed by atoms with Crippen molar-refractivity contribution in [3.05, 3.63) is 46.8 Å². The van der Waals surface area contributed by atoms with Gasteiger partial charge in [-0.15, -0.1) is 0 Å². The van der Waals surface area contributed by atoms with Crippen LogP contribution in [0.25, 0.3) is 0 Å². The van der Waals surface area contributed by atoms with Crippen LogP contribution in [0.4, 0.5) is 26.1 Å². The van der Waals surface area contributed by atoms with E-state index in [0.717, 1.165) is 30.5 Å². The number of nitrogens with two attached hydrogens (primary N) is 2. The van der Waals surface area contributed by atoms with Gasteiger partial charge in [0.15, 0.2) is 17.5 Å². The fourth-order valence-corrected chi connectivity index (χ4v) is 2.75. The molecule has 0 saturated heterocycles. The van der Waals surface area contributed by atoms with Crippen molar-refractivity contribution in [2.24, 2.45) is 11.5 Å². The minimum atomic E-state index is -0.890. The first-order chi connectivity index (χ1) is 13.8. The second-order valence-electron chi connectivity index (χ2n) is 6.58. The summed E-state index contributed by atoms with van der Waals surface area (Å²) in [4.78, 5) is 19.7. The third-order valence-electron chi connectivity index (χ3n) is 4.45. The second-order valence-corrected chi connectivity index (χ2v) is 6.58. The molecule has 1 aliphatic carbocycles. The lowest BCUT2D eigenvalue weighted by Gasteiger charge is -2.18. The van der Waals surface area contributed by atoms with Crippen molar-refractivity contribution in [3.8, 4) is 5.88 Å². The molecule has 1 fully saturated rings. The van der Waals surface area contributed by atoms with Crippen LogP contribution < -0.4 is 26.8 Å². The van der Waals surface area contributed by atoms with Crippen LogP contribution in [0.5, 0.6) is 5.88 Å². The van der Waals surface area contributed by atoms with Crippen molar-refractivity contribution in [2.75, 3.05) is 17.7 Å². The molecule has 10 heteroatoms. The van der Waals surface area contributed by atoms with Gasteiger partial charge in [0.05, 0.1) is 24.6 Å². The number of nitrogens with zero attached hydrogens (tertiary/aromatic N) is 2. The molecule has 1 atom stereocenters. The molecule has 6 N–H and O–H groups in total. The molecule has 0 bridgehead atoms. The Bertz CT molecular complexity index is 973. The minimum absolute atomic E-state index is 0.0435. The number of allylic oxidation sites excluding steroid dienone is 1. The Labute approximate surface area is 166 Å². The maximum Gasteiger partial charge on any atom is 0.252 e. The number of anilines is 3. The van der Waals surface area contributed by atoms with Gasteiger partial charge in [-0.25, -0.2) is 18.7 Å². The van der Waals surface area contributed by atoms with E-state index in [9.17, 15) is 13.6 Å². The van der Waals surface area contributed by atoms with Crippen molar-refractivity contribution < 1.29 is 18.3 Å². The van der Waals surface area contributed by atoms with Gasteiger partial charge in [-0.3, -0.25) is 4.79 Å². The summed E-state index contributed by atoms with van der Waals surface area (Å²) in [5, 5.41) is 5.70. The number of hydrogen-bond donors (Lipinski definition) is 4. The van der Waals surface area contributed by atoms with Crippen LogP contribution in [-0.2, 0) is 0 Å². The number of carbonyl (C=O) groups excluding carboxylic acids is 1. The predicted molar refractivity (Wildman–Crippen MR) is 105 cm³/mol. The molecule has 1 aliphatic rings. The number of aromatic nitrogens is 2. The van der Waals surface area contributed by atoms with Gasteiger partial charge in [0.25, 0.3) is 5.91 Å². The van der Waals surface area contributed by atoms with Gasteiger partial charge in [0.1, 0.15) is 5.82 Å². The fraction of sp³-hybridized carbons (Fsp3) is 0.316. The molecule has 1 saturated carbocycles. The van der Waals surface area contributed by atoms with E-state index >= 15 is 0 Å². The number of carbonyl (C=O) groups is 1. The first-order valence-electron chi connectivity index (χ1n) is 9.05. The van der Waals surface area contributed by atoms with Crippen molar-refractivity contribution >= 4 is 23.2 Å². The molecular weight excluding hydrogens is 382 g/mol. The topological polar surface area (TPSA) is 128 Å². The molecule has 1 amide bonds. The molecule has 0 aromatic carbocycles. The second kappa shape index (κ2) is 8.39. The average molecular weight is 404 g/mol. The molecule has 8 nitrogen and oxygen atoms in total. The highest BCUT2D eigenvalue weighted by Gasteiger charge is 2.24. The van der Waals surface area contributed by atoms with E-state index in [1.54, 1.807) is 0 Å². The van der Waals surface area contributed by atoms with Crippen LogP contribution >= 0.6 is 0 Å². The molecule has 2 heterocycles. The van der Waals surface area contributed by atoms with E-state index in [1.807, 2.05) is 6.92 Å². The predicted octanol–water partition coefficient (Wildman–Crippen LogP) is 2.80. The summed E-state index contributed by atoms with van der Waals surface area (Å²) in [6.45, 7) is 1.92. The van der Waals surface area contributed by atoms with Gasteiger partial charge < -0.3 is 26.8 Å². The van der Waals surface area contributed by atoms with Crippen molar-refractivity contribution in [2.45, 2.75) is 32.2 Å². The summed E-state index contributed by atoms with van der Waals surface area (Å²) in [6.07, 6.45) is 3.72. The fourth-order valence-electron chi connectivity index (χ4n) is 2.75. The summed E-state index contributed by atoms with van der Waals surface area (Å²) in [6, 6.07) is 1.79. The summed E-state index contributed by atoms with van der Waals surface area (Å²) in [5.74, 6) is -2.71. The van der Waals surface area contributed by atoms with Crippen LogP contribution in [0.15, 0.2) is 29.6 Å². The summed E-state index contributed by atoms with van der Waals surface area (Å²) in [7, 11) is 1.29. The van der Waals surface area contributed by atoms with Crippen LogP contribution in [0, 0.1) is 11.6 Å². The Kier molecular flexibility index (Phi) is 5.92. The Hall–Kier alpha value is -3.27. The number of primary amides is 1. The maximum atomic E-state index is 14.6. The van der Waals surface area contributed by atoms with Crippen LogP contribution in [-0.4, -0.2) is 29.0 Å². The highest BCUT2D eigenvalue weighted by molar-refractivity contribution is 5.98. The number of nitrogens with one attached hydrogen (secondary N) is 2. The van der Waals surface area contributed by atoms with Gasteiger partial charge in [0, 0.05) is 17.8 Å². The Morgan fingerprint density at radius 1 is 1.28 bits per heavy atom. The lowest BCUT2D eigenvalue weighted by molar-refractivity contribution is 0.100. The normalized spacial score (nSPS) is 13.6. The first kappa shape index (κ1) is 20.5. The van der Waals surface area contributed by atoms with E-state index in [4.69, 9.17) is 16.2 Å². The van der Waals surface area contributed by atoms with Gasteiger partial charge in [-0.05, 0) is 30.9 Å². The molecule has 0 spiro atoms. The lowest BCUT2D eigenvalue weighted by atomic mass is 10.1. The third kappa shape index (κ3) is 4.60. The number of pyridine rings is 2. The molecule has 0 aliphatic heterocycles. The van der Waals surface area contributed by atoms with Crippen molar-refractivity contribution in [1.29, 1.82) is 0 Å². The number of methoxy groups -OCH3 is 1. The average Bonchev–Trinajstić information content (AvgIpc) is 3.52. The SMILES string of the molecule is CCC(N)C(Nc1nc(Nc2cnc(OC)c(F)c2)c(C(N)=O)cc1F)=C1CC1. The Balaban J connectivity index is 1.97. The number of halogens is 2. The van der Waals surface area contributed by atoms with E-state index in [-0.39, 0.29) is 34.8 Å². The Morgan fingerprint density at radius 2 is 2.00 bits per heavy atom. The zero-order valence-electron chi connectivity index (χ0n) is 16.1. The first-order valence-corrected chi connectivity index (χ1v) is 9.05. The van der Waals surface area contributed by atoms with E-state index < -0.39 is 17.5 Å². The molecule has 0 radical (unpaired) electrons. The van der Waals surface area contributed by atoms with E-state index in [2.05, 4.69) is 20.6 Å². The molecule has 29 heavy (non-hydrogen) atoms. The Morgan fingerprint density at radius 3 is 2.55 bits per heavy atom. The summed E-state index contributed by atoms with van der Waals surface area (Å²) >= 11 is 0. The van der Waals surface area contributed by atoms with Gasteiger partial charge in [0.2, 0.25) is 5.88 Å². The van der Waals surface area contributed by atoms with E-state index in [1.165, 1.54) is 13.3 Å². The molecular formula is C19H22F2N6O2. The monoisotopic (exact) mass is 404 g/mol. The van der Waals surface area contributed by atoms with Gasteiger partial charge in [-0.1, -0.05) is 6.92 Å². The van der Waals surface area contributed by atoms with Crippen molar-refractivity contribution in [3.63, 3.8) is 0 Å². The highest BCUT2D eigenvalue weighted by Crippen LogP contribution is 2.34. The number of rotatable bonds is 8. The zero-order valence-corrected chi connectivity index (χ0v) is 16.1. The summed E-state index contributed by atoms with van der Waals surface area (Å²) < 4.78 is 33.3. The lowest BCUT2D eigenvalue weighted by Crippen LogP contribution is -2.27. The van der Waals surface area contributed by atoms with Crippen LogP contribution in [0.3, 0.4) is 0 Å². The smallest absolute Gasteiger partial charge is 0.252 e. The molecule has 154 valence electrons. The molecule has 1 unspecified atom stereocenters. The van der Waals surface area contributed by atoms with Crippen molar-refractivity contribution in [1.82, 2.24) is 9.97 Å². The van der Waals surface area contributed by atoms with Crippen LogP contribution in [0.2, 0.25) is 0 Å². The third-order valence-corrected chi connectivity index (χ3v) is 4.45. The van der Waals surface area contributed by atoms with Gasteiger partial charge >= 0.3 is 0 Å². The zero-order chi connectivity index (χ0) is 21.1. The number of ether oxygens (including phenoxy) is 1. The molecule has 2 aromatic rings. The van der Waals surface area contributed by atoms with Gasteiger partial charge in [-0.2, -0.15) is 0 Å². The maximum absolute atomic E-state index is 14.6. The standard InChI is InChI=1S/C19H22F2N6O2/c1-3-14(22)15(9-4-5-9)26-18-12(20)7-11(16(23)28)17(27-18)25-10-6-13(21)19(29-2)24-8-10/h6-8,14H,3-5,22H2,1-2H3,(H2,23,28)(H2,25,26,27). The minimum Gasteiger partial charge on any atom is -0.479 e. The summed E-state index contributed by atoms with van der Waals surface area (Å²) in [5.41, 5.74) is 13.3. The number of hydrogen-bond acceptors (Lipinski definition) is 7. The number of amides is 1. The van der Waals surface area contributed by atoms with Crippen LogP contribution in [0.1, 0.15) is 36.5 Å². The quantitative estimate of drug-likeness (QED) is 0.532. The largest absolute Gasteiger partial charge is 0.479 e.